The minimum absolute atomic E-state index is 0.112. The molecule has 1 heterocycles. The quantitative estimate of drug-likeness (QED) is 0.345. The van der Waals surface area contributed by atoms with E-state index < -0.39 is 17.6 Å². The molecule has 0 fully saturated rings. The van der Waals surface area contributed by atoms with E-state index in [1.807, 2.05) is 37.3 Å². The number of aromatic hydroxyl groups is 1. The van der Waals surface area contributed by atoms with Gasteiger partial charge in [0.1, 0.15) is 11.3 Å². The Morgan fingerprint density at radius 3 is 2.54 bits per heavy atom. The van der Waals surface area contributed by atoms with E-state index >= 15 is 0 Å². The van der Waals surface area contributed by atoms with E-state index in [9.17, 15) is 14.7 Å². The number of hydrogen-bond acceptors (Lipinski definition) is 5. The Kier molecular flexibility index (Phi) is 5.74. The molecular formula is C21H21N3O4. The van der Waals surface area contributed by atoms with Crippen molar-refractivity contribution in [2.75, 3.05) is 0 Å². The van der Waals surface area contributed by atoms with Gasteiger partial charge in [-0.15, -0.1) is 0 Å². The molecule has 0 unspecified atom stereocenters. The Bertz CT molecular complexity index is 1070. The summed E-state index contributed by atoms with van der Waals surface area (Å²) in [6.07, 6.45) is 0.834. The van der Waals surface area contributed by atoms with Crippen LogP contribution in [0.15, 0.2) is 68.9 Å². The van der Waals surface area contributed by atoms with Crippen molar-refractivity contribution in [3.63, 3.8) is 0 Å². The van der Waals surface area contributed by atoms with Crippen molar-refractivity contribution >= 4 is 22.7 Å². The molecule has 1 aromatic heterocycles. The number of fused-ring (bicyclic) bond motifs is 1. The van der Waals surface area contributed by atoms with Gasteiger partial charge >= 0.3 is 11.7 Å². The first kappa shape index (κ1) is 19.2. The molecule has 144 valence electrons. The molecule has 0 saturated heterocycles. The van der Waals surface area contributed by atoms with Gasteiger partial charge in [-0.05, 0) is 30.5 Å². The Balaban J connectivity index is 2.15. The summed E-state index contributed by atoms with van der Waals surface area (Å²) in [6, 6.07) is 15.4. The van der Waals surface area contributed by atoms with Crippen LogP contribution < -0.4 is 16.8 Å². The van der Waals surface area contributed by atoms with Gasteiger partial charge in [-0.2, -0.15) is 5.10 Å². The van der Waals surface area contributed by atoms with Crippen molar-refractivity contribution in [3.05, 3.63) is 76.1 Å². The molecule has 0 bridgehead atoms. The van der Waals surface area contributed by atoms with Gasteiger partial charge in [0.15, 0.2) is 0 Å². The third-order valence-electron chi connectivity index (χ3n) is 4.54. The second kappa shape index (κ2) is 8.39. The largest absolute Gasteiger partial charge is 0.507 e. The fourth-order valence-corrected chi connectivity index (χ4v) is 3.17. The lowest BCUT2D eigenvalue weighted by atomic mass is 9.86. The van der Waals surface area contributed by atoms with Crippen LogP contribution in [0.25, 0.3) is 11.0 Å². The molecule has 0 spiro atoms. The van der Waals surface area contributed by atoms with Crippen LogP contribution in [-0.2, 0) is 0 Å². The van der Waals surface area contributed by atoms with Crippen molar-refractivity contribution in [1.29, 1.82) is 0 Å². The monoisotopic (exact) mass is 379 g/mol. The van der Waals surface area contributed by atoms with Crippen LogP contribution in [0.2, 0.25) is 0 Å². The lowest BCUT2D eigenvalue weighted by molar-refractivity contribution is 0.249. The molecule has 2 aromatic carbocycles. The smallest absolute Gasteiger partial charge is 0.343 e. The van der Waals surface area contributed by atoms with E-state index in [0.29, 0.717) is 29.5 Å². The van der Waals surface area contributed by atoms with E-state index in [0.717, 1.165) is 5.56 Å². The predicted octanol–water partition coefficient (Wildman–Crippen LogP) is 3.45. The third kappa shape index (κ3) is 4.03. The number of carbonyl (C=O) groups excluding carboxylic acids is 1. The fourth-order valence-electron chi connectivity index (χ4n) is 3.17. The molecule has 0 saturated carbocycles. The summed E-state index contributed by atoms with van der Waals surface area (Å²) in [4.78, 5) is 23.7. The van der Waals surface area contributed by atoms with Crippen molar-refractivity contribution in [2.24, 2.45) is 10.8 Å². The number of para-hydroxylation sites is 1. The van der Waals surface area contributed by atoms with Gasteiger partial charge in [-0.3, -0.25) is 0 Å². The van der Waals surface area contributed by atoms with Crippen LogP contribution in [0.3, 0.4) is 0 Å². The highest BCUT2D eigenvalue weighted by Gasteiger charge is 2.26. The summed E-state index contributed by atoms with van der Waals surface area (Å²) in [5.74, 6) is -0.616. The zero-order valence-electron chi connectivity index (χ0n) is 15.4. The highest BCUT2D eigenvalue weighted by molar-refractivity contribution is 5.88. The molecule has 2 amide bonds. The summed E-state index contributed by atoms with van der Waals surface area (Å²) in [5, 5.41) is 15.4. The van der Waals surface area contributed by atoms with Crippen molar-refractivity contribution in [1.82, 2.24) is 5.43 Å². The first-order valence-corrected chi connectivity index (χ1v) is 8.91. The lowest BCUT2D eigenvalue weighted by Gasteiger charge is -2.19. The van der Waals surface area contributed by atoms with E-state index in [4.69, 9.17) is 10.2 Å². The van der Waals surface area contributed by atoms with Gasteiger partial charge in [0.25, 0.3) is 0 Å². The molecular weight excluding hydrogens is 358 g/mol. The van der Waals surface area contributed by atoms with Gasteiger partial charge in [0, 0.05) is 11.6 Å². The number of urea groups is 1. The number of amides is 2. The number of carbonyl (C=O) groups is 1. The molecule has 3 aromatic rings. The zero-order chi connectivity index (χ0) is 20.1. The minimum Gasteiger partial charge on any atom is -0.507 e. The average Bonchev–Trinajstić information content (AvgIpc) is 2.70. The number of benzene rings is 2. The molecule has 0 radical (unpaired) electrons. The fraction of sp³-hybridized carbons (Fsp3) is 0.190. The highest BCUT2D eigenvalue weighted by Crippen LogP contribution is 2.36. The number of rotatable bonds is 6. The molecule has 1 atom stereocenters. The summed E-state index contributed by atoms with van der Waals surface area (Å²) in [5.41, 5.74) is 8.64. The molecule has 0 aliphatic carbocycles. The lowest BCUT2D eigenvalue weighted by Crippen LogP contribution is -2.26. The third-order valence-corrected chi connectivity index (χ3v) is 4.54. The maximum absolute atomic E-state index is 12.7. The summed E-state index contributed by atoms with van der Waals surface area (Å²) in [7, 11) is 0. The molecule has 0 aliphatic heterocycles. The standard InChI is InChI=1S/C21H21N3O4/c1-2-14(23-24-21(22)27)12-16(13-8-4-3-5-9-13)18-19(25)15-10-6-7-11-17(15)28-20(18)26/h3-11,16,25H,2,12H2,1H3,(H3,22,24,27)/t16-/m0/s1. The molecule has 0 aliphatic rings. The van der Waals surface area contributed by atoms with E-state index in [1.54, 1.807) is 24.3 Å². The predicted molar refractivity (Wildman–Crippen MR) is 107 cm³/mol. The van der Waals surface area contributed by atoms with Gasteiger partial charge in [-0.1, -0.05) is 49.4 Å². The Morgan fingerprint density at radius 2 is 1.86 bits per heavy atom. The van der Waals surface area contributed by atoms with Gasteiger partial charge in [0.2, 0.25) is 0 Å². The topological polar surface area (TPSA) is 118 Å². The number of nitrogens with two attached hydrogens (primary N) is 1. The van der Waals surface area contributed by atoms with Crippen LogP contribution in [0.1, 0.15) is 36.8 Å². The van der Waals surface area contributed by atoms with Crippen molar-refractivity contribution in [3.8, 4) is 5.75 Å². The first-order chi connectivity index (χ1) is 13.5. The number of nitrogens with one attached hydrogen (secondary N) is 1. The number of hydrogen-bond donors (Lipinski definition) is 3. The number of primary amides is 1. The minimum atomic E-state index is -0.768. The van der Waals surface area contributed by atoms with Crippen molar-refractivity contribution in [2.45, 2.75) is 25.7 Å². The molecule has 28 heavy (non-hydrogen) atoms. The zero-order valence-corrected chi connectivity index (χ0v) is 15.4. The van der Waals surface area contributed by atoms with Gasteiger partial charge in [0.05, 0.1) is 10.9 Å². The van der Waals surface area contributed by atoms with Crippen LogP contribution in [0.5, 0.6) is 5.75 Å². The summed E-state index contributed by atoms with van der Waals surface area (Å²) >= 11 is 0. The maximum atomic E-state index is 12.7. The van der Waals surface area contributed by atoms with E-state index in [2.05, 4.69) is 10.5 Å². The normalized spacial score (nSPS) is 12.7. The van der Waals surface area contributed by atoms with Crippen molar-refractivity contribution < 1.29 is 14.3 Å². The number of nitrogens with zero attached hydrogens (tertiary/aromatic N) is 1. The van der Waals surface area contributed by atoms with Crippen LogP contribution in [0.4, 0.5) is 4.79 Å². The number of hydrazone groups is 1. The van der Waals surface area contributed by atoms with E-state index in [-0.39, 0.29) is 11.3 Å². The first-order valence-electron chi connectivity index (χ1n) is 8.91. The second-order valence-corrected chi connectivity index (χ2v) is 6.32. The Labute approximate surface area is 161 Å². The van der Waals surface area contributed by atoms with Crippen LogP contribution >= 0.6 is 0 Å². The SMILES string of the molecule is CCC(C[C@@H](c1ccccc1)c1c(O)c2ccccc2oc1=O)=NNC(N)=O. The maximum Gasteiger partial charge on any atom is 0.343 e. The summed E-state index contributed by atoms with van der Waals surface area (Å²) < 4.78 is 5.44. The Morgan fingerprint density at radius 1 is 1.18 bits per heavy atom. The van der Waals surface area contributed by atoms with Gasteiger partial charge in [-0.25, -0.2) is 15.0 Å². The molecule has 4 N–H and O–H groups in total. The Hall–Kier alpha value is -3.61. The highest BCUT2D eigenvalue weighted by atomic mass is 16.4. The van der Waals surface area contributed by atoms with Crippen LogP contribution in [0, 0.1) is 0 Å². The second-order valence-electron chi connectivity index (χ2n) is 6.32. The van der Waals surface area contributed by atoms with Gasteiger partial charge < -0.3 is 15.3 Å². The average molecular weight is 379 g/mol. The molecule has 7 heteroatoms. The summed E-state index contributed by atoms with van der Waals surface area (Å²) in [6.45, 7) is 1.88. The molecule has 7 nitrogen and oxygen atoms in total. The van der Waals surface area contributed by atoms with Crippen LogP contribution in [-0.4, -0.2) is 16.8 Å². The van der Waals surface area contributed by atoms with E-state index in [1.165, 1.54) is 0 Å². The molecule has 3 rings (SSSR count).